The van der Waals surface area contributed by atoms with Crippen LogP contribution in [0.5, 0.6) is 0 Å². The first-order chi connectivity index (χ1) is 14.7. The van der Waals surface area contributed by atoms with E-state index in [1.807, 2.05) is 17.5 Å². The predicted molar refractivity (Wildman–Crippen MR) is 112 cm³/mol. The summed E-state index contributed by atoms with van der Waals surface area (Å²) in [5, 5.41) is 8.79. The maximum Gasteiger partial charge on any atom is 0.256 e. The molecule has 0 unspecified atom stereocenters. The van der Waals surface area contributed by atoms with Gasteiger partial charge in [0.2, 0.25) is 17.6 Å². The SMILES string of the molecule is O=C(CCCc1nc(-c2cccs2)no1)Nc1ccccc1C(=O)N1CCOCC1. The van der Waals surface area contributed by atoms with Crippen LogP contribution in [0.1, 0.15) is 29.1 Å². The molecule has 0 saturated carbocycles. The summed E-state index contributed by atoms with van der Waals surface area (Å²) in [4.78, 5) is 32.3. The topological polar surface area (TPSA) is 97.6 Å². The van der Waals surface area contributed by atoms with E-state index in [1.165, 1.54) is 0 Å². The molecule has 2 amide bonds. The lowest BCUT2D eigenvalue weighted by Gasteiger charge is -2.27. The first kappa shape index (κ1) is 20.2. The Morgan fingerprint density at radius 2 is 1.97 bits per heavy atom. The number of ether oxygens (including phenoxy) is 1. The van der Waals surface area contributed by atoms with E-state index in [2.05, 4.69) is 15.5 Å². The highest BCUT2D eigenvalue weighted by Crippen LogP contribution is 2.22. The van der Waals surface area contributed by atoms with Gasteiger partial charge < -0.3 is 19.5 Å². The molecule has 1 N–H and O–H groups in total. The van der Waals surface area contributed by atoms with Gasteiger partial charge >= 0.3 is 0 Å². The highest BCUT2D eigenvalue weighted by molar-refractivity contribution is 7.13. The van der Waals surface area contributed by atoms with Gasteiger partial charge in [0.05, 0.1) is 29.3 Å². The zero-order valence-electron chi connectivity index (χ0n) is 16.4. The standard InChI is InChI=1S/C21H22N4O4S/c26-18(8-3-9-19-23-20(24-29-19)17-7-4-14-30-17)22-16-6-2-1-5-15(16)21(27)25-10-12-28-13-11-25/h1-2,4-7,14H,3,8-13H2,(H,22,26). The molecule has 1 aliphatic rings. The van der Waals surface area contributed by atoms with E-state index < -0.39 is 0 Å². The molecule has 9 heteroatoms. The molecule has 1 aliphatic heterocycles. The van der Waals surface area contributed by atoms with Crippen molar-refractivity contribution < 1.29 is 18.8 Å². The molecule has 8 nitrogen and oxygen atoms in total. The largest absolute Gasteiger partial charge is 0.378 e. The van der Waals surface area contributed by atoms with Gasteiger partial charge in [0.1, 0.15) is 0 Å². The second kappa shape index (κ2) is 9.64. The molecule has 0 radical (unpaired) electrons. The van der Waals surface area contributed by atoms with Gasteiger partial charge in [-0.2, -0.15) is 4.98 Å². The van der Waals surface area contributed by atoms with Crippen LogP contribution in [0, 0.1) is 0 Å². The lowest BCUT2D eigenvalue weighted by Crippen LogP contribution is -2.41. The number of carbonyl (C=O) groups is 2. The number of aryl methyl sites for hydroxylation is 1. The highest BCUT2D eigenvalue weighted by atomic mass is 32.1. The van der Waals surface area contributed by atoms with Crippen molar-refractivity contribution >= 4 is 28.8 Å². The lowest BCUT2D eigenvalue weighted by molar-refractivity contribution is -0.116. The van der Waals surface area contributed by atoms with Crippen LogP contribution in [-0.4, -0.2) is 53.2 Å². The summed E-state index contributed by atoms with van der Waals surface area (Å²) >= 11 is 1.55. The van der Waals surface area contributed by atoms with E-state index in [4.69, 9.17) is 9.26 Å². The number of thiophene rings is 1. The Kier molecular flexibility index (Phi) is 6.50. The number of hydrogen-bond donors (Lipinski definition) is 1. The fraction of sp³-hybridized carbons (Fsp3) is 0.333. The minimum Gasteiger partial charge on any atom is -0.378 e. The smallest absolute Gasteiger partial charge is 0.256 e. The molecule has 0 atom stereocenters. The summed E-state index contributed by atoms with van der Waals surface area (Å²) in [6, 6.07) is 10.9. The Morgan fingerprint density at radius 3 is 2.77 bits per heavy atom. The molecule has 1 saturated heterocycles. The van der Waals surface area contributed by atoms with Crippen LogP contribution in [-0.2, 0) is 16.0 Å². The second-order valence-corrected chi connectivity index (χ2v) is 7.79. The van der Waals surface area contributed by atoms with Gasteiger partial charge in [-0.1, -0.05) is 23.4 Å². The number of morpholine rings is 1. The van der Waals surface area contributed by atoms with Crippen molar-refractivity contribution in [2.45, 2.75) is 19.3 Å². The first-order valence-corrected chi connectivity index (χ1v) is 10.7. The molecule has 156 valence electrons. The van der Waals surface area contributed by atoms with Crippen molar-refractivity contribution in [2.24, 2.45) is 0 Å². The van der Waals surface area contributed by atoms with Crippen LogP contribution in [0.15, 0.2) is 46.3 Å². The average molecular weight is 426 g/mol. The number of nitrogens with one attached hydrogen (secondary N) is 1. The molecule has 3 heterocycles. The first-order valence-electron chi connectivity index (χ1n) is 9.83. The molecule has 1 fully saturated rings. The van der Waals surface area contributed by atoms with Crippen LogP contribution in [0.4, 0.5) is 5.69 Å². The third-order valence-corrected chi connectivity index (χ3v) is 5.60. The van der Waals surface area contributed by atoms with E-state index in [1.54, 1.807) is 40.5 Å². The third-order valence-electron chi connectivity index (χ3n) is 4.73. The van der Waals surface area contributed by atoms with Crippen LogP contribution in [0.3, 0.4) is 0 Å². The van der Waals surface area contributed by atoms with Crippen LogP contribution < -0.4 is 5.32 Å². The number of anilines is 1. The Morgan fingerprint density at radius 1 is 1.13 bits per heavy atom. The lowest BCUT2D eigenvalue weighted by atomic mass is 10.1. The van der Waals surface area contributed by atoms with Crippen molar-refractivity contribution in [2.75, 3.05) is 31.6 Å². The molecule has 3 aromatic rings. The summed E-state index contributed by atoms with van der Waals surface area (Å²) in [7, 11) is 0. The number of hydrogen-bond acceptors (Lipinski definition) is 7. The monoisotopic (exact) mass is 426 g/mol. The summed E-state index contributed by atoms with van der Waals surface area (Å²) in [6.07, 6.45) is 1.37. The van der Waals surface area contributed by atoms with Crippen molar-refractivity contribution in [3.63, 3.8) is 0 Å². The van der Waals surface area contributed by atoms with E-state index in [0.717, 1.165) is 4.88 Å². The number of aromatic nitrogens is 2. The van der Waals surface area contributed by atoms with Crippen LogP contribution in [0.2, 0.25) is 0 Å². The van der Waals surface area contributed by atoms with Crippen molar-refractivity contribution in [1.82, 2.24) is 15.0 Å². The molecule has 1 aromatic carbocycles. The van der Waals surface area contributed by atoms with Gasteiger partial charge in [0, 0.05) is 25.9 Å². The molecule has 2 aromatic heterocycles. The minimum absolute atomic E-state index is 0.0961. The molecule has 4 rings (SSSR count). The van der Waals surface area contributed by atoms with Crippen LogP contribution >= 0.6 is 11.3 Å². The second-order valence-electron chi connectivity index (χ2n) is 6.84. The Labute approximate surface area is 177 Å². The Balaban J connectivity index is 1.30. The van der Waals surface area contributed by atoms with Gasteiger partial charge in [0.25, 0.3) is 5.91 Å². The zero-order valence-corrected chi connectivity index (χ0v) is 17.2. The van der Waals surface area contributed by atoms with E-state index in [9.17, 15) is 9.59 Å². The third kappa shape index (κ3) is 4.92. The van der Waals surface area contributed by atoms with E-state index >= 15 is 0 Å². The average Bonchev–Trinajstić information content (AvgIpc) is 3.46. The fourth-order valence-electron chi connectivity index (χ4n) is 3.19. The van der Waals surface area contributed by atoms with E-state index in [0.29, 0.717) is 62.1 Å². The molecular formula is C21H22N4O4S. The zero-order chi connectivity index (χ0) is 20.8. The van der Waals surface area contributed by atoms with Gasteiger partial charge in [-0.25, -0.2) is 0 Å². The molecule has 0 bridgehead atoms. The van der Waals surface area contributed by atoms with Crippen molar-refractivity contribution in [3.8, 4) is 10.7 Å². The Bertz CT molecular complexity index is 996. The quantitative estimate of drug-likeness (QED) is 0.623. The number of benzene rings is 1. The number of para-hydroxylation sites is 1. The summed E-state index contributed by atoms with van der Waals surface area (Å²) in [6.45, 7) is 2.17. The minimum atomic E-state index is -0.157. The van der Waals surface area contributed by atoms with Crippen molar-refractivity contribution in [3.05, 3.63) is 53.2 Å². The predicted octanol–water partition coefficient (Wildman–Crippen LogP) is 3.23. The van der Waals surface area contributed by atoms with E-state index in [-0.39, 0.29) is 18.2 Å². The molecule has 0 spiro atoms. The number of rotatable bonds is 7. The van der Waals surface area contributed by atoms with Gasteiger partial charge in [-0.05, 0) is 30.0 Å². The molecular weight excluding hydrogens is 404 g/mol. The summed E-state index contributed by atoms with van der Waals surface area (Å²) in [5.41, 5.74) is 1.02. The van der Waals surface area contributed by atoms with Crippen molar-refractivity contribution in [1.29, 1.82) is 0 Å². The highest BCUT2D eigenvalue weighted by Gasteiger charge is 2.21. The summed E-state index contributed by atoms with van der Waals surface area (Å²) in [5.74, 6) is 0.825. The van der Waals surface area contributed by atoms with Gasteiger partial charge in [-0.15, -0.1) is 11.3 Å². The number of amides is 2. The normalized spacial score (nSPS) is 13.9. The number of nitrogens with zero attached hydrogens (tertiary/aromatic N) is 3. The maximum absolute atomic E-state index is 12.8. The van der Waals surface area contributed by atoms with Gasteiger partial charge in [-0.3, -0.25) is 9.59 Å². The van der Waals surface area contributed by atoms with Gasteiger partial charge in [0.15, 0.2) is 0 Å². The maximum atomic E-state index is 12.8. The number of carbonyl (C=O) groups excluding carboxylic acids is 2. The summed E-state index contributed by atoms with van der Waals surface area (Å²) < 4.78 is 10.6. The van der Waals surface area contributed by atoms with Crippen LogP contribution in [0.25, 0.3) is 10.7 Å². The Hall–Kier alpha value is -3.04. The fourth-order valence-corrected chi connectivity index (χ4v) is 3.84. The molecule has 30 heavy (non-hydrogen) atoms. The molecule has 0 aliphatic carbocycles.